The molecule has 5 heterocycles. The van der Waals surface area contributed by atoms with Crippen molar-refractivity contribution in [3.63, 3.8) is 0 Å². The van der Waals surface area contributed by atoms with Crippen molar-refractivity contribution >= 4 is 147 Å². The first-order chi connectivity index (χ1) is 47.6. The number of nitrogens with zero attached hydrogens (tertiary/aromatic N) is 3. The molecule has 18 aromatic rings. The molecule has 0 spiro atoms. The fourth-order valence-electron chi connectivity index (χ4n) is 15.9. The van der Waals surface area contributed by atoms with Crippen LogP contribution in [-0.2, 0) is 0 Å². The van der Waals surface area contributed by atoms with E-state index in [4.69, 9.17) is 0 Å². The molecule has 6 heteroatoms. The smallest absolute Gasteiger partial charge is 0.0616 e. The number of hydrogen-bond donors (Lipinski definition) is 0. The summed E-state index contributed by atoms with van der Waals surface area (Å²) in [5.74, 6) is 0. The summed E-state index contributed by atoms with van der Waals surface area (Å²) in [6.45, 7) is -0.227. The Morgan fingerprint density at radius 1 is 0.229 bits per heavy atom. The van der Waals surface area contributed by atoms with Gasteiger partial charge in [-0.3, -0.25) is 0 Å². The summed E-state index contributed by atoms with van der Waals surface area (Å²) in [5, 5.41) is 7.85. The Balaban J connectivity index is 0.961. The normalized spacial score (nSPS) is 12.5. The Bertz CT molecular complexity index is 6000. The molecular formula is C90H56BN3Se2. The van der Waals surface area contributed by atoms with Crippen LogP contribution in [-0.4, -0.2) is 40.3 Å². The Hall–Kier alpha value is -11.2. The maximum atomic E-state index is 2.70. The monoisotopic (exact) mass is 1350 g/mol. The van der Waals surface area contributed by atoms with Crippen LogP contribution in [0.4, 0.5) is 34.1 Å². The van der Waals surface area contributed by atoms with Gasteiger partial charge in [-0.15, -0.1) is 0 Å². The zero-order valence-electron chi connectivity index (χ0n) is 52.1. The topological polar surface area (TPSA) is 11.4 Å². The molecule has 96 heavy (non-hydrogen) atoms. The average Bonchev–Trinajstić information content (AvgIpc) is 0.824. The molecule has 3 nitrogen and oxygen atoms in total. The first kappa shape index (κ1) is 55.3. The van der Waals surface area contributed by atoms with Gasteiger partial charge in [0.1, 0.15) is 0 Å². The molecule has 0 saturated heterocycles. The van der Waals surface area contributed by atoms with E-state index >= 15 is 0 Å². The van der Waals surface area contributed by atoms with E-state index < -0.39 is 0 Å². The third-order valence-corrected chi connectivity index (χ3v) is 25.0. The summed E-state index contributed by atoms with van der Waals surface area (Å²) in [7, 11) is 0. The van der Waals surface area contributed by atoms with Gasteiger partial charge in [0.15, 0.2) is 0 Å². The molecule has 0 aliphatic carbocycles. The van der Waals surface area contributed by atoms with Crippen LogP contribution in [0.2, 0.25) is 0 Å². The van der Waals surface area contributed by atoms with Gasteiger partial charge in [-0.2, -0.15) is 0 Å². The van der Waals surface area contributed by atoms with Gasteiger partial charge in [0.2, 0.25) is 0 Å². The van der Waals surface area contributed by atoms with Crippen molar-refractivity contribution in [2.24, 2.45) is 0 Å². The van der Waals surface area contributed by atoms with E-state index in [2.05, 4.69) is 354 Å². The van der Waals surface area contributed by atoms with Crippen molar-refractivity contribution in [2.45, 2.75) is 0 Å². The van der Waals surface area contributed by atoms with Crippen LogP contribution in [0.15, 0.2) is 340 Å². The number of benzene rings is 15. The van der Waals surface area contributed by atoms with Crippen LogP contribution in [0.1, 0.15) is 0 Å². The first-order valence-electron chi connectivity index (χ1n) is 33.0. The molecule has 0 N–H and O–H groups in total. The molecule has 0 atom stereocenters. The van der Waals surface area contributed by atoms with Gasteiger partial charge in [-0.1, -0.05) is 109 Å². The summed E-state index contributed by atoms with van der Waals surface area (Å²) >= 11 is 0.464. The zero-order chi connectivity index (χ0) is 63.0. The van der Waals surface area contributed by atoms with Gasteiger partial charge in [-0.05, 0) is 12.1 Å². The maximum absolute atomic E-state index is 2.70. The van der Waals surface area contributed by atoms with Crippen molar-refractivity contribution in [2.75, 3.05) is 9.80 Å². The molecule has 446 valence electrons. The Kier molecular flexibility index (Phi) is 12.8. The fraction of sp³-hybridized carbons (Fsp3) is 0. The minimum absolute atomic E-state index is 0.211. The third kappa shape index (κ3) is 8.67. The number of aromatic nitrogens is 1. The molecule has 0 saturated carbocycles. The zero-order valence-corrected chi connectivity index (χ0v) is 55.5. The molecule has 3 aromatic heterocycles. The van der Waals surface area contributed by atoms with Crippen molar-refractivity contribution in [3.05, 3.63) is 340 Å². The number of para-hydroxylation sites is 4. The van der Waals surface area contributed by atoms with Crippen LogP contribution in [0, 0.1) is 0 Å². The Labute approximate surface area is 568 Å². The van der Waals surface area contributed by atoms with Gasteiger partial charge in [0.25, 0.3) is 0 Å². The van der Waals surface area contributed by atoms with E-state index in [1.54, 1.807) is 0 Å². The van der Waals surface area contributed by atoms with Crippen LogP contribution in [0.5, 0.6) is 0 Å². The van der Waals surface area contributed by atoms with Gasteiger partial charge >= 0.3 is 430 Å². The predicted molar refractivity (Wildman–Crippen MR) is 411 cm³/mol. The SMILES string of the molecule is c1ccc(-c2cccc(-c3ccccc3)c2N2c3ccc(-c4ccc5[se]c6ccccc6c5c4)cc3B3c4ccc(-n5c6ccccc6c6ccccc65)cc4N(c4c(-c5ccccc5)cccc4-c4ccccc4)c4cc(-c5ccc6[se]c7ccccc7c6c5)cc2c43)cc1. The molecule has 2 aliphatic heterocycles. The standard InChI is InChI=1S/C90H56BN3Se2/c1-5-23-57(24-6-1)66-35-21-36-67(58-25-7-2-8-26-58)89(66)93-80-48-43-63(61-44-49-86-74(51-61)72-33-15-19-41-84(72)95-86)53-77(80)91-76-47-46-65(92-78-39-17-13-31-70(78)71-32-14-18-40-79(71)92)56-81(76)94(90-68(59-27-9-3-10-28-59)37-22-38-69(90)60-29-11-4-12-30-60)83-55-64(54-82(93)88(83)91)62-45-50-87-75(52-62)73-34-16-20-42-85(73)96-87/h1-56H. The summed E-state index contributed by atoms with van der Waals surface area (Å²) in [4.78, 5) is 5.39. The molecular weight excluding hydrogens is 1290 g/mol. The van der Waals surface area contributed by atoms with Gasteiger partial charge in [0, 0.05) is 10.8 Å². The number of rotatable bonds is 9. The van der Waals surface area contributed by atoms with E-state index in [-0.39, 0.29) is 35.7 Å². The predicted octanol–water partition coefficient (Wildman–Crippen LogP) is 21.6. The van der Waals surface area contributed by atoms with E-state index in [0.717, 1.165) is 89.9 Å². The van der Waals surface area contributed by atoms with Crippen LogP contribution >= 0.6 is 0 Å². The molecule has 0 fully saturated rings. The van der Waals surface area contributed by atoms with E-state index in [1.807, 2.05) is 0 Å². The quantitative estimate of drug-likeness (QED) is 0.133. The minimum Gasteiger partial charge on any atom is -0.0616 e. The Morgan fingerprint density at radius 3 is 1.11 bits per heavy atom. The second-order valence-corrected chi connectivity index (χ2v) is 30.0. The minimum atomic E-state index is -0.227. The van der Waals surface area contributed by atoms with Crippen molar-refractivity contribution in [1.29, 1.82) is 0 Å². The van der Waals surface area contributed by atoms with Gasteiger partial charge < -0.3 is 0 Å². The van der Waals surface area contributed by atoms with Gasteiger partial charge in [0.05, 0.1) is 11.0 Å². The fourth-order valence-corrected chi connectivity index (χ4v) is 20.5. The average molecular weight is 1350 g/mol. The summed E-state index contributed by atoms with van der Waals surface area (Å²) in [6.07, 6.45) is 0. The van der Waals surface area contributed by atoms with E-state index in [0.29, 0.717) is 0 Å². The van der Waals surface area contributed by atoms with Crippen molar-refractivity contribution < 1.29 is 0 Å². The molecule has 0 radical (unpaired) electrons. The van der Waals surface area contributed by atoms with Crippen LogP contribution < -0.4 is 26.2 Å². The summed E-state index contributed by atoms with van der Waals surface area (Å²) in [6, 6.07) is 129. The number of fused-ring (bicyclic) bond motifs is 13. The number of hydrogen-bond acceptors (Lipinski definition) is 2. The van der Waals surface area contributed by atoms with E-state index in [9.17, 15) is 0 Å². The second kappa shape index (κ2) is 22.2. The van der Waals surface area contributed by atoms with Crippen LogP contribution in [0.25, 0.3) is 133 Å². The molecule has 15 aromatic carbocycles. The van der Waals surface area contributed by atoms with Crippen molar-refractivity contribution in [3.8, 4) is 72.4 Å². The van der Waals surface area contributed by atoms with Gasteiger partial charge in [-0.25, -0.2) is 0 Å². The molecule has 0 amide bonds. The first-order valence-corrected chi connectivity index (χ1v) is 36.4. The molecule has 20 rings (SSSR count). The van der Waals surface area contributed by atoms with Crippen LogP contribution in [0.3, 0.4) is 0 Å². The third-order valence-electron chi connectivity index (χ3n) is 20.2. The Morgan fingerprint density at radius 2 is 0.625 bits per heavy atom. The van der Waals surface area contributed by atoms with Crippen molar-refractivity contribution in [1.82, 2.24) is 4.57 Å². The summed E-state index contributed by atoms with van der Waals surface area (Å²) < 4.78 is 8.25. The number of anilines is 6. The second-order valence-electron chi connectivity index (χ2n) is 25.4. The molecule has 2 aliphatic rings. The van der Waals surface area contributed by atoms with E-state index in [1.165, 1.54) is 93.5 Å². The molecule has 0 bridgehead atoms. The molecule has 0 unspecified atom stereocenters. The summed E-state index contributed by atoms with van der Waals surface area (Å²) in [5.41, 5.74) is 28.0.